The number of hydrogen-bond donors (Lipinski definition) is 2. The number of ether oxygens (including phenoxy) is 1. The minimum absolute atomic E-state index is 0.214. The Hall–Kier alpha value is -3.45. The fourth-order valence-electron chi connectivity index (χ4n) is 3.90. The molecule has 2 aromatic carbocycles. The van der Waals surface area contributed by atoms with Crippen molar-refractivity contribution in [1.29, 1.82) is 0 Å². The van der Waals surface area contributed by atoms with Crippen molar-refractivity contribution in [2.75, 3.05) is 12.3 Å². The van der Waals surface area contributed by atoms with Gasteiger partial charge in [0.2, 0.25) is 0 Å². The normalized spacial score (nSPS) is 16.2. The number of fused-ring (bicyclic) bond motifs is 1. The SMILES string of the molecule is Nc1nccn2c(C3CCCN3)nc(-c3ccc(OCc4ccc(F)cc4)cc3)c12. The Bertz CT molecular complexity index is 1160. The summed E-state index contributed by atoms with van der Waals surface area (Å²) in [6.07, 6.45) is 5.81. The van der Waals surface area contributed by atoms with Crippen LogP contribution in [0.5, 0.6) is 5.75 Å². The van der Waals surface area contributed by atoms with Crippen LogP contribution >= 0.6 is 0 Å². The molecule has 0 bridgehead atoms. The lowest BCUT2D eigenvalue weighted by molar-refractivity contribution is 0.306. The molecule has 0 amide bonds. The van der Waals surface area contributed by atoms with Gasteiger partial charge < -0.3 is 15.8 Å². The molecule has 0 spiro atoms. The Kier molecular flexibility index (Phi) is 4.80. The number of imidazole rings is 1. The zero-order valence-electron chi connectivity index (χ0n) is 16.4. The largest absolute Gasteiger partial charge is 0.489 e. The van der Waals surface area contributed by atoms with Crippen LogP contribution < -0.4 is 15.8 Å². The number of benzene rings is 2. The summed E-state index contributed by atoms with van der Waals surface area (Å²) in [5.74, 6) is 1.90. The number of hydrogen-bond acceptors (Lipinski definition) is 5. The zero-order valence-corrected chi connectivity index (χ0v) is 16.4. The molecule has 1 unspecified atom stereocenters. The van der Waals surface area contributed by atoms with Gasteiger partial charge in [-0.05, 0) is 61.3 Å². The topological polar surface area (TPSA) is 77.5 Å². The average Bonchev–Trinajstić information content (AvgIpc) is 3.42. The Labute approximate surface area is 173 Å². The average molecular weight is 403 g/mol. The highest BCUT2D eigenvalue weighted by atomic mass is 19.1. The van der Waals surface area contributed by atoms with Gasteiger partial charge in [-0.15, -0.1) is 0 Å². The molecule has 1 atom stereocenters. The highest BCUT2D eigenvalue weighted by Gasteiger charge is 2.24. The number of nitrogens with zero attached hydrogens (tertiary/aromatic N) is 3. The lowest BCUT2D eigenvalue weighted by Gasteiger charge is -2.08. The molecule has 6 nitrogen and oxygen atoms in total. The minimum atomic E-state index is -0.253. The highest BCUT2D eigenvalue weighted by Crippen LogP contribution is 2.33. The Morgan fingerprint density at radius 1 is 1.13 bits per heavy atom. The van der Waals surface area contributed by atoms with Crippen LogP contribution in [0, 0.1) is 5.82 Å². The highest BCUT2D eigenvalue weighted by molar-refractivity contribution is 5.85. The lowest BCUT2D eigenvalue weighted by atomic mass is 10.1. The third kappa shape index (κ3) is 3.48. The van der Waals surface area contributed by atoms with Gasteiger partial charge in [-0.25, -0.2) is 14.4 Å². The van der Waals surface area contributed by atoms with Crippen molar-refractivity contribution in [3.63, 3.8) is 0 Å². The van der Waals surface area contributed by atoms with Gasteiger partial charge >= 0.3 is 0 Å². The third-order valence-corrected chi connectivity index (χ3v) is 5.43. The van der Waals surface area contributed by atoms with Crippen LogP contribution in [-0.4, -0.2) is 20.9 Å². The lowest BCUT2D eigenvalue weighted by Crippen LogP contribution is -2.15. The van der Waals surface area contributed by atoms with Crippen molar-refractivity contribution in [2.24, 2.45) is 0 Å². The van der Waals surface area contributed by atoms with Crippen LogP contribution in [0.15, 0.2) is 60.9 Å². The first-order valence-electron chi connectivity index (χ1n) is 10.0. The maximum Gasteiger partial charge on any atom is 0.150 e. The molecule has 0 saturated carbocycles. The van der Waals surface area contributed by atoms with Gasteiger partial charge in [0, 0.05) is 18.0 Å². The molecular weight excluding hydrogens is 381 g/mol. The number of nitrogens with one attached hydrogen (secondary N) is 1. The molecule has 1 saturated heterocycles. The molecule has 4 aromatic rings. The van der Waals surface area contributed by atoms with E-state index in [1.807, 2.05) is 34.9 Å². The predicted molar refractivity (Wildman–Crippen MR) is 114 cm³/mol. The van der Waals surface area contributed by atoms with E-state index in [2.05, 4.69) is 10.3 Å². The molecule has 5 rings (SSSR count). The van der Waals surface area contributed by atoms with Gasteiger partial charge in [0.05, 0.1) is 6.04 Å². The summed E-state index contributed by atoms with van der Waals surface area (Å²) in [6.45, 7) is 1.37. The number of anilines is 1. The van der Waals surface area contributed by atoms with E-state index in [9.17, 15) is 4.39 Å². The summed E-state index contributed by atoms with van der Waals surface area (Å²) in [5, 5.41) is 3.51. The molecule has 1 aliphatic heterocycles. The van der Waals surface area contributed by atoms with E-state index in [1.54, 1.807) is 18.3 Å². The van der Waals surface area contributed by atoms with Gasteiger partial charge in [-0.1, -0.05) is 12.1 Å². The monoisotopic (exact) mass is 403 g/mol. The second-order valence-electron chi connectivity index (χ2n) is 7.44. The molecule has 1 aliphatic rings. The Morgan fingerprint density at radius 3 is 2.67 bits per heavy atom. The number of nitrogen functional groups attached to an aromatic ring is 1. The molecule has 2 aromatic heterocycles. The van der Waals surface area contributed by atoms with Crippen molar-refractivity contribution in [1.82, 2.24) is 19.7 Å². The second-order valence-corrected chi connectivity index (χ2v) is 7.44. The van der Waals surface area contributed by atoms with E-state index in [4.69, 9.17) is 15.5 Å². The van der Waals surface area contributed by atoms with Gasteiger partial charge in [0.1, 0.15) is 41.0 Å². The van der Waals surface area contributed by atoms with E-state index in [0.29, 0.717) is 12.4 Å². The molecule has 152 valence electrons. The van der Waals surface area contributed by atoms with E-state index in [1.165, 1.54) is 12.1 Å². The van der Waals surface area contributed by atoms with Gasteiger partial charge in [-0.3, -0.25) is 4.40 Å². The summed E-state index contributed by atoms with van der Waals surface area (Å²) in [4.78, 5) is 9.20. The van der Waals surface area contributed by atoms with Crippen LogP contribution in [0.2, 0.25) is 0 Å². The second kappa shape index (κ2) is 7.76. The third-order valence-electron chi connectivity index (χ3n) is 5.43. The molecule has 0 aliphatic carbocycles. The fraction of sp³-hybridized carbons (Fsp3) is 0.217. The van der Waals surface area contributed by atoms with E-state index in [-0.39, 0.29) is 11.9 Å². The van der Waals surface area contributed by atoms with Crippen LogP contribution in [0.3, 0.4) is 0 Å². The fourth-order valence-corrected chi connectivity index (χ4v) is 3.90. The molecule has 7 heteroatoms. The molecular formula is C23H22FN5O. The van der Waals surface area contributed by atoms with Crippen molar-refractivity contribution in [2.45, 2.75) is 25.5 Å². The smallest absolute Gasteiger partial charge is 0.150 e. The number of aromatic nitrogens is 3. The van der Waals surface area contributed by atoms with Crippen LogP contribution in [0.25, 0.3) is 16.8 Å². The summed E-state index contributed by atoms with van der Waals surface area (Å²) in [7, 11) is 0. The quantitative estimate of drug-likeness (QED) is 0.524. The standard InChI is InChI=1S/C23H22FN5O/c24-17-7-3-15(4-8-17)14-30-18-9-5-16(6-10-18)20-21-22(25)27-12-13-29(21)23(28-20)19-2-1-11-26-19/h3-10,12-13,19,26H,1-2,11,14H2,(H2,25,27). The van der Waals surface area contributed by atoms with Gasteiger partial charge in [-0.2, -0.15) is 0 Å². The summed E-state index contributed by atoms with van der Waals surface area (Å²) in [5.41, 5.74) is 9.71. The minimum Gasteiger partial charge on any atom is -0.489 e. The van der Waals surface area contributed by atoms with E-state index in [0.717, 1.165) is 53.3 Å². The van der Waals surface area contributed by atoms with Crippen molar-refractivity contribution in [3.05, 3.63) is 78.1 Å². The van der Waals surface area contributed by atoms with Gasteiger partial charge in [0.15, 0.2) is 0 Å². The molecule has 3 heterocycles. The predicted octanol–water partition coefficient (Wildman–Crippen LogP) is 4.12. The van der Waals surface area contributed by atoms with E-state index >= 15 is 0 Å². The maximum absolute atomic E-state index is 13.0. The van der Waals surface area contributed by atoms with Crippen LogP contribution in [-0.2, 0) is 6.61 Å². The van der Waals surface area contributed by atoms with Crippen molar-refractivity contribution >= 4 is 11.3 Å². The first-order chi connectivity index (χ1) is 14.7. The summed E-state index contributed by atoms with van der Waals surface area (Å²) in [6, 6.07) is 14.3. The maximum atomic E-state index is 13.0. The Balaban J connectivity index is 1.43. The summed E-state index contributed by atoms with van der Waals surface area (Å²) < 4.78 is 20.9. The first kappa shape index (κ1) is 18.6. The van der Waals surface area contributed by atoms with Crippen LogP contribution in [0.4, 0.5) is 10.2 Å². The number of rotatable bonds is 5. The Morgan fingerprint density at radius 2 is 1.93 bits per heavy atom. The van der Waals surface area contributed by atoms with Crippen LogP contribution in [0.1, 0.15) is 30.3 Å². The number of halogens is 1. The van der Waals surface area contributed by atoms with Crippen molar-refractivity contribution in [3.8, 4) is 17.0 Å². The van der Waals surface area contributed by atoms with Gasteiger partial charge in [0.25, 0.3) is 0 Å². The molecule has 30 heavy (non-hydrogen) atoms. The molecule has 3 N–H and O–H groups in total. The molecule has 0 radical (unpaired) electrons. The summed E-state index contributed by atoms with van der Waals surface area (Å²) >= 11 is 0. The van der Waals surface area contributed by atoms with Crippen molar-refractivity contribution < 1.29 is 9.13 Å². The van der Waals surface area contributed by atoms with E-state index < -0.39 is 0 Å². The number of nitrogens with two attached hydrogens (primary N) is 1. The molecule has 1 fully saturated rings. The first-order valence-corrected chi connectivity index (χ1v) is 10.0. The zero-order chi connectivity index (χ0) is 20.5.